The molecule has 1 aromatic heterocycles. The second-order valence-electron chi connectivity index (χ2n) is 5.37. The number of benzene rings is 2. The van der Waals surface area contributed by atoms with E-state index in [2.05, 4.69) is 15.3 Å². The van der Waals surface area contributed by atoms with Crippen LogP contribution in [-0.4, -0.2) is 35.2 Å². The molecule has 0 aliphatic heterocycles. The quantitative estimate of drug-likeness (QED) is 0.562. The largest absolute Gasteiger partial charge is 0.378 e. The van der Waals surface area contributed by atoms with Crippen molar-refractivity contribution in [3.63, 3.8) is 0 Å². The van der Waals surface area contributed by atoms with Gasteiger partial charge in [-0.25, -0.2) is 5.10 Å². The number of anilines is 1. The summed E-state index contributed by atoms with van der Waals surface area (Å²) in [5.41, 5.74) is 2.87. The highest BCUT2D eigenvalue weighted by Gasteiger charge is 2.11. The monoisotopic (exact) mass is 357 g/mol. The Morgan fingerprint density at radius 2 is 1.88 bits per heavy atom. The molecule has 5 nitrogen and oxygen atoms in total. The SMILES string of the molecule is CN(C)c1ccc(/C=N/n2c(-c3ccccc3Cl)n[nH]c2=S)cc1. The number of hydrogen-bond donors (Lipinski definition) is 1. The Kier molecular flexibility index (Phi) is 4.78. The van der Waals surface area contributed by atoms with Crippen molar-refractivity contribution in [2.24, 2.45) is 5.10 Å². The molecule has 0 aliphatic rings. The van der Waals surface area contributed by atoms with Crippen LogP contribution in [0.5, 0.6) is 0 Å². The van der Waals surface area contributed by atoms with Crippen LogP contribution in [0, 0.1) is 4.77 Å². The van der Waals surface area contributed by atoms with Gasteiger partial charge in [0, 0.05) is 25.3 Å². The van der Waals surface area contributed by atoms with Gasteiger partial charge >= 0.3 is 0 Å². The summed E-state index contributed by atoms with van der Waals surface area (Å²) in [5.74, 6) is 0.576. The lowest BCUT2D eigenvalue weighted by Crippen LogP contribution is -2.08. The highest BCUT2D eigenvalue weighted by atomic mass is 35.5. The first-order valence-electron chi connectivity index (χ1n) is 7.30. The number of nitrogens with one attached hydrogen (secondary N) is 1. The van der Waals surface area contributed by atoms with Gasteiger partial charge in [-0.1, -0.05) is 35.9 Å². The van der Waals surface area contributed by atoms with Crippen LogP contribution in [0.1, 0.15) is 5.56 Å². The molecule has 1 N–H and O–H groups in total. The lowest BCUT2D eigenvalue weighted by atomic mass is 10.2. The molecule has 0 amide bonds. The summed E-state index contributed by atoms with van der Waals surface area (Å²) < 4.78 is 1.97. The maximum absolute atomic E-state index is 6.25. The van der Waals surface area contributed by atoms with E-state index in [9.17, 15) is 0 Å². The molecule has 1 heterocycles. The molecule has 0 spiro atoms. The van der Waals surface area contributed by atoms with E-state index < -0.39 is 0 Å². The summed E-state index contributed by atoms with van der Waals surface area (Å²) >= 11 is 11.5. The standard InChI is InChI=1S/C17H16ClN5S/c1-22(2)13-9-7-12(8-10-13)11-19-23-16(20-21-17(23)24)14-5-3-4-6-15(14)18/h3-11H,1-2H3,(H,21,24)/b19-11+. The number of halogens is 1. The van der Waals surface area contributed by atoms with Gasteiger partial charge in [-0.3, -0.25) is 0 Å². The number of aromatic nitrogens is 3. The van der Waals surface area contributed by atoms with Crippen molar-refractivity contribution in [3.05, 3.63) is 63.9 Å². The molecule has 0 bridgehead atoms. The summed E-state index contributed by atoms with van der Waals surface area (Å²) in [7, 11) is 4.01. The zero-order valence-electron chi connectivity index (χ0n) is 13.3. The molecule has 0 atom stereocenters. The summed E-state index contributed by atoms with van der Waals surface area (Å²) in [6.07, 6.45) is 1.74. The topological polar surface area (TPSA) is 49.2 Å². The number of H-pyrrole nitrogens is 1. The number of aromatic amines is 1. The molecule has 0 unspecified atom stereocenters. The van der Waals surface area contributed by atoms with Gasteiger partial charge in [0.1, 0.15) is 0 Å². The molecule has 24 heavy (non-hydrogen) atoms. The average molecular weight is 358 g/mol. The third-order valence-electron chi connectivity index (χ3n) is 3.50. The zero-order valence-corrected chi connectivity index (χ0v) is 14.8. The van der Waals surface area contributed by atoms with Gasteiger partial charge in [-0.2, -0.15) is 14.9 Å². The van der Waals surface area contributed by atoms with Gasteiger partial charge in [0.05, 0.1) is 11.2 Å². The van der Waals surface area contributed by atoms with Crippen LogP contribution in [0.3, 0.4) is 0 Å². The van der Waals surface area contributed by atoms with Crippen molar-refractivity contribution < 1.29 is 0 Å². The van der Waals surface area contributed by atoms with Gasteiger partial charge < -0.3 is 4.90 Å². The van der Waals surface area contributed by atoms with E-state index >= 15 is 0 Å². The predicted molar refractivity (Wildman–Crippen MR) is 102 cm³/mol. The first kappa shape index (κ1) is 16.4. The van der Waals surface area contributed by atoms with Crippen molar-refractivity contribution in [1.29, 1.82) is 0 Å². The Labute approximate surface area is 150 Å². The van der Waals surface area contributed by atoms with Gasteiger partial charge in [0.15, 0.2) is 5.82 Å². The van der Waals surface area contributed by atoms with Crippen LogP contribution in [-0.2, 0) is 0 Å². The fourth-order valence-corrected chi connectivity index (χ4v) is 2.60. The van der Waals surface area contributed by atoms with Gasteiger partial charge in [0.2, 0.25) is 4.77 Å². The Hall–Kier alpha value is -2.44. The van der Waals surface area contributed by atoms with E-state index in [1.165, 1.54) is 0 Å². The zero-order chi connectivity index (χ0) is 17.1. The molecule has 0 fully saturated rings. The minimum atomic E-state index is 0.408. The third kappa shape index (κ3) is 3.39. The summed E-state index contributed by atoms with van der Waals surface area (Å²) in [6.45, 7) is 0. The Morgan fingerprint density at radius 3 is 2.54 bits per heavy atom. The molecule has 2 aromatic carbocycles. The summed E-state index contributed by atoms with van der Waals surface area (Å²) in [4.78, 5) is 2.04. The van der Waals surface area contributed by atoms with Gasteiger partial charge in [0.25, 0.3) is 0 Å². The lowest BCUT2D eigenvalue weighted by Gasteiger charge is -2.11. The molecular weight excluding hydrogens is 342 g/mol. The smallest absolute Gasteiger partial charge is 0.216 e. The second-order valence-corrected chi connectivity index (χ2v) is 6.17. The molecule has 3 aromatic rings. The fourth-order valence-electron chi connectivity index (χ4n) is 2.20. The van der Waals surface area contributed by atoms with Gasteiger partial charge in [-0.05, 0) is 42.0 Å². The van der Waals surface area contributed by atoms with Crippen LogP contribution in [0.2, 0.25) is 5.02 Å². The van der Waals surface area contributed by atoms with Crippen LogP contribution >= 0.6 is 23.8 Å². The summed E-state index contributed by atoms with van der Waals surface area (Å²) in [6, 6.07) is 15.5. The second kappa shape index (κ2) is 6.98. The van der Waals surface area contributed by atoms with Crippen molar-refractivity contribution in [3.8, 4) is 11.4 Å². The minimum absolute atomic E-state index is 0.408. The van der Waals surface area contributed by atoms with E-state index in [1.54, 1.807) is 10.9 Å². The molecule has 0 aliphatic carbocycles. The Bertz CT molecular complexity index is 925. The van der Waals surface area contributed by atoms with Crippen LogP contribution in [0.25, 0.3) is 11.4 Å². The molecule has 0 saturated heterocycles. The van der Waals surface area contributed by atoms with Crippen molar-refractivity contribution >= 4 is 35.7 Å². The molecular formula is C17H16ClN5S. The molecule has 0 saturated carbocycles. The Morgan fingerprint density at radius 1 is 1.17 bits per heavy atom. The van der Waals surface area contributed by atoms with E-state index in [0.717, 1.165) is 16.8 Å². The number of nitrogens with zero attached hydrogens (tertiary/aromatic N) is 4. The molecule has 0 radical (unpaired) electrons. The van der Waals surface area contributed by atoms with E-state index in [-0.39, 0.29) is 0 Å². The Balaban J connectivity index is 1.95. The van der Waals surface area contributed by atoms with Crippen LogP contribution in [0.15, 0.2) is 53.6 Å². The average Bonchev–Trinajstić information content (AvgIpc) is 2.94. The minimum Gasteiger partial charge on any atom is -0.378 e. The normalized spacial score (nSPS) is 11.1. The van der Waals surface area contributed by atoms with Crippen LogP contribution < -0.4 is 4.90 Å². The predicted octanol–water partition coefficient (Wildman–Crippen LogP) is 4.21. The van der Waals surface area contributed by atoms with Crippen molar-refractivity contribution in [2.45, 2.75) is 0 Å². The third-order valence-corrected chi connectivity index (χ3v) is 4.09. The highest BCUT2D eigenvalue weighted by Crippen LogP contribution is 2.25. The fraction of sp³-hybridized carbons (Fsp3) is 0.118. The summed E-state index contributed by atoms with van der Waals surface area (Å²) in [5, 5.41) is 12.0. The number of rotatable bonds is 4. The van der Waals surface area contributed by atoms with E-state index in [4.69, 9.17) is 23.8 Å². The maximum Gasteiger partial charge on any atom is 0.216 e. The van der Waals surface area contributed by atoms with E-state index in [1.807, 2.05) is 67.5 Å². The van der Waals surface area contributed by atoms with Crippen LogP contribution in [0.4, 0.5) is 5.69 Å². The first-order valence-corrected chi connectivity index (χ1v) is 8.09. The van der Waals surface area contributed by atoms with Crippen molar-refractivity contribution in [1.82, 2.24) is 14.9 Å². The lowest BCUT2D eigenvalue weighted by molar-refractivity contribution is 0.871. The van der Waals surface area contributed by atoms with Gasteiger partial charge in [-0.15, -0.1) is 0 Å². The number of hydrogen-bond acceptors (Lipinski definition) is 4. The molecule has 3 rings (SSSR count). The first-order chi connectivity index (χ1) is 11.6. The van der Waals surface area contributed by atoms with E-state index in [0.29, 0.717) is 15.6 Å². The highest BCUT2D eigenvalue weighted by molar-refractivity contribution is 7.71. The maximum atomic E-state index is 6.25. The van der Waals surface area contributed by atoms with Crippen molar-refractivity contribution in [2.75, 3.05) is 19.0 Å². The molecule has 122 valence electrons. The molecule has 7 heteroatoms.